The van der Waals surface area contributed by atoms with Crippen LogP contribution in [-0.4, -0.2) is 19.7 Å². The molecular weight excluding hydrogens is 360 g/mol. The van der Waals surface area contributed by atoms with Crippen molar-refractivity contribution >= 4 is 0 Å². The summed E-state index contributed by atoms with van der Waals surface area (Å²) in [5.74, 6) is 0.401. The Labute approximate surface area is 148 Å². The molecule has 148 valence electrons. The summed E-state index contributed by atoms with van der Waals surface area (Å²) >= 11 is 0. The van der Waals surface area contributed by atoms with Gasteiger partial charge in [-0.05, 0) is 69.5 Å². The van der Waals surface area contributed by atoms with Gasteiger partial charge in [0.15, 0.2) is 0 Å². The van der Waals surface area contributed by atoms with Gasteiger partial charge in [-0.2, -0.15) is 26.3 Å². The van der Waals surface area contributed by atoms with Crippen LogP contribution in [0.3, 0.4) is 0 Å². The molecule has 0 saturated heterocycles. The highest BCUT2D eigenvalue weighted by Gasteiger charge is 2.37. The van der Waals surface area contributed by atoms with Gasteiger partial charge < -0.3 is 10.1 Å². The Balaban J connectivity index is 2.20. The van der Waals surface area contributed by atoms with Crippen LogP contribution in [0.4, 0.5) is 26.3 Å². The molecule has 1 saturated carbocycles. The lowest BCUT2D eigenvalue weighted by Crippen LogP contribution is -2.29. The highest BCUT2D eigenvalue weighted by molar-refractivity contribution is 5.34. The molecule has 1 aromatic rings. The maximum absolute atomic E-state index is 13.0. The number of halogens is 6. The van der Waals surface area contributed by atoms with E-state index in [2.05, 4.69) is 5.32 Å². The second kappa shape index (κ2) is 8.17. The summed E-state index contributed by atoms with van der Waals surface area (Å²) in [5.41, 5.74) is -2.73. The van der Waals surface area contributed by atoms with Crippen molar-refractivity contribution in [2.75, 3.05) is 13.6 Å². The first kappa shape index (κ1) is 21.0. The Kier molecular flexibility index (Phi) is 6.60. The van der Waals surface area contributed by atoms with Gasteiger partial charge in [-0.1, -0.05) is 6.42 Å². The van der Waals surface area contributed by atoms with E-state index >= 15 is 0 Å². The number of ether oxygens (including phenoxy) is 1. The number of hydrogen-bond donors (Lipinski definition) is 1. The molecule has 1 N–H and O–H groups in total. The quantitative estimate of drug-likeness (QED) is 0.670. The molecular formula is C18H23F6NO. The maximum atomic E-state index is 13.0. The Bertz CT molecular complexity index is 564. The van der Waals surface area contributed by atoms with Crippen LogP contribution < -0.4 is 5.32 Å². The maximum Gasteiger partial charge on any atom is 0.416 e. The van der Waals surface area contributed by atoms with Crippen LogP contribution in [0.15, 0.2) is 18.2 Å². The van der Waals surface area contributed by atoms with Crippen LogP contribution in [0.25, 0.3) is 0 Å². The van der Waals surface area contributed by atoms with E-state index in [-0.39, 0.29) is 17.7 Å². The number of hydrogen-bond acceptors (Lipinski definition) is 2. The van der Waals surface area contributed by atoms with E-state index in [0.717, 1.165) is 44.4 Å². The SMILES string of the molecule is CNC[C@H]1CCC[C@@H](OC(C)c2cc(C(F)(F)F)cc(C(F)(F)F)c2)C1. The molecule has 2 nitrogen and oxygen atoms in total. The van der Waals surface area contributed by atoms with Crippen molar-refractivity contribution in [1.29, 1.82) is 0 Å². The van der Waals surface area contributed by atoms with Gasteiger partial charge in [0.2, 0.25) is 0 Å². The first-order chi connectivity index (χ1) is 12.0. The minimum atomic E-state index is -4.85. The highest BCUT2D eigenvalue weighted by Crippen LogP contribution is 2.38. The van der Waals surface area contributed by atoms with Gasteiger partial charge in [0.05, 0.1) is 23.3 Å². The first-order valence-electron chi connectivity index (χ1n) is 8.60. The van der Waals surface area contributed by atoms with Crippen LogP contribution in [0.5, 0.6) is 0 Å². The van der Waals surface area contributed by atoms with E-state index in [4.69, 9.17) is 4.74 Å². The Morgan fingerprint density at radius 1 is 1.04 bits per heavy atom. The Morgan fingerprint density at radius 3 is 2.12 bits per heavy atom. The lowest BCUT2D eigenvalue weighted by Gasteiger charge is -2.31. The lowest BCUT2D eigenvalue weighted by molar-refractivity contribution is -0.143. The zero-order valence-electron chi connectivity index (χ0n) is 14.7. The van der Waals surface area contributed by atoms with Crippen molar-refractivity contribution in [3.63, 3.8) is 0 Å². The van der Waals surface area contributed by atoms with E-state index in [9.17, 15) is 26.3 Å². The summed E-state index contributed by atoms with van der Waals surface area (Å²) in [6.45, 7) is 2.31. The van der Waals surface area contributed by atoms with Crippen molar-refractivity contribution in [3.05, 3.63) is 34.9 Å². The summed E-state index contributed by atoms with van der Waals surface area (Å²) in [4.78, 5) is 0. The molecule has 0 aliphatic heterocycles. The van der Waals surface area contributed by atoms with Crippen LogP contribution >= 0.6 is 0 Å². The summed E-state index contributed by atoms with van der Waals surface area (Å²) in [5, 5.41) is 3.09. The zero-order valence-corrected chi connectivity index (χ0v) is 14.7. The largest absolute Gasteiger partial charge is 0.416 e. The molecule has 1 aliphatic rings. The Hall–Kier alpha value is -1.28. The van der Waals surface area contributed by atoms with Gasteiger partial charge in [0, 0.05) is 0 Å². The average Bonchev–Trinajstić information content (AvgIpc) is 2.53. The monoisotopic (exact) mass is 383 g/mol. The van der Waals surface area contributed by atoms with Gasteiger partial charge in [0.25, 0.3) is 0 Å². The van der Waals surface area contributed by atoms with Crippen LogP contribution in [0, 0.1) is 5.92 Å². The molecule has 1 aromatic carbocycles. The van der Waals surface area contributed by atoms with Gasteiger partial charge in [-0.15, -0.1) is 0 Å². The van der Waals surface area contributed by atoms with Crippen molar-refractivity contribution in [2.45, 2.75) is 57.2 Å². The third-order valence-electron chi connectivity index (χ3n) is 4.70. The molecule has 8 heteroatoms. The Morgan fingerprint density at radius 2 is 1.62 bits per heavy atom. The molecule has 1 unspecified atom stereocenters. The molecule has 0 amide bonds. The van der Waals surface area contributed by atoms with Crippen LogP contribution in [-0.2, 0) is 17.1 Å². The summed E-state index contributed by atoms with van der Waals surface area (Å²) in [6.07, 6.45) is -7.24. The van der Waals surface area contributed by atoms with Gasteiger partial charge in [-0.25, -0.2) is 0 Å². The van der Waals surface area contributed by atoms with Crippen molar-refractivity contribution in [2.24, 2.45) is 5.92 Å². The predicted octanol–water partition coefficient (Wildman–Crippen LogP) is 5.58. The first-order valence-corrected chi connectivity index (χ1v) is 8.60. The van der Waals surface area contributed by atoms with E-state index in [1.807, 2.05) is 7.05 Å². The van der Waals surface area contributed by atoms with Gasteiger partial charge in [0.1, 0.15) is 0 Å². The van der Waals surface area contributed by atoms with E-state index < -0.39 is 29.6 Å². The number of nitrogens with one attached hydrogen (secondary N) is 1. The molecule has 0 radical (unpaired) electrons. The van der Waals surface area contributed by atoms with Gasteiger partial charge >= 0.3 is 12.4 Å². The summed E-state index contributed by atoms with van der Waals surface area (Å²) in [7, 11) is 1.84. The summed E-state index contributed by atoms with van der Waals surface area (Å²) < 4.78 is 83.7. The third kappa shape index (κ3) is 5.61. The molecule has 3 atom stereocenters. The van der Waals surface area contributed by atoms with Crippen molar-refractivity contribution in [1.82, 2.24) is 5.32 Å². The fourth-order valence-electron chi connectivity index (χ4n) is 3.42. The van der Waals surface area contributed by atoms with E-state index in [0.29, 0.717) is 5.92 Å². The van der Waals surface area contributed by atoms with Crippen LogP contribution in [0.2, 0.25) is 0 Å². The van der Waals surface area contributed by atoms with E-state index in [1.165, 1.54) is 6.92 Å². The number of rotatable bonds is 5. The zero-order chi connectivity index (χ0) is 19.5. The predicted molar refractivity (Wildman–Crippen MR) is 85.6 cm³/mol. The minimum absolute atomic E-state index is 0.108. The molecule has 2 rings (SSSR count). The smallest absolute Gasteiger partial charge is 0.371 e. The second-order valence-electron chi connectivity index (χ2n) is 6.83. The average molecular weight is 383 g/mol. The fourth-order valence-corrected chi connectivity index (χ4v) is 3.42. The molecule has 0 bridgehead atoms. The van der Waals surface area contributed by atoms with Crippen molar-refractivity contribution in [3.8, 4) is 0 Å². The van der Waals surface area contributed by atoms with E-state index in [1.54, 1.807) is 0 Å². The number of benzene rings is 1. The molecule has 0 heterocycles. The standard InChI is InChI=1S/C18H23F6NO/c1-11(26-16-5-3-4-12(6-16)10-25-2)13-7-14(17(19,20)21)9-15(8-13)18(22,23)24/h7-9,11-12,16,25H,3-6,10H2,1-2H3/t11?,12-,16+/m0/s1. The lowest BCUT2D eigenvalue weighted by atomic mass is 9.87. The topological polar surface area (TPSA) is 21.3 Å². The summed E-state index contributed by atoms with van der Waals surface area (Å²) in [6, 6.07) is 1.63. The fraction of sp³-hybridized carbons (Fsp3) is 0.667. The molecule has 0 aromatic heterocycles. The van der Waals surface area contributed by atoms with Crippen LogP contribution in [0.1, 0.15) is 55.4 Å². The minimum Gasteiger partial charge on any atom is -0.371 e. The number of alkyl halides is 6. The molecule has 1 fully saturated rings. The second-order valence-corrected chi connectivity index (χ2v) is 6.83. The third-order valence-corrected chi connectivity index (χ3v) is 4.70. The molecule has 26 heavy (non-hydrogen) atoms. The molecule has 1 aliphatic carbocycles. The normalized spacial score (nSPS) is 23.1. The van der Waals surface area contributed by atoms with Gasteiger partial charge in [-0.3, -0.25) is 0 Å². The highest BCUT2D eigenvalue weighted by atomic mass is 19.4. The molecule has 0 spiro atoms. The van der Waals surface area contributed by atoms with Crippen molar-refractivity contribution < 1.29 is 31.1 Å².